The second kappa shape index (κ2) is 6.29. The molecule has 0 aliphatic heterocycles. The van der Waals surface area contributed by atoms with Crippen LogP contribution in [-0.2, 0) is 6.42 Å². The first kappa shape index (κ1) is 16.8. The second-order valence-corrected chi connectivity index (χ2v) is 27.4. The number of allylic oxidation sites excluding steroid dienone is 1. The summed E-state index contributed by atoms with van der Waals surface area (Å²) in [6.07, 6.45) is 3.75. The largest absolute Gasteiger partial charge is 0.235 e. The van der Waals surface area contributed by atoms with Gasteiger partial charge in [-0.3, -0.25) is 0 Å². The Morgan fingerprint density at radius 2 is 1.48 bits per heavy atom. The molecule has 0 heterocycles. The molecule has 0 amide bonds. The zero-order chi connectivity index (χ0) is 15.7. The van der Waals surface area contributed by atoms with Gasteiger partial charge in [0.2, 0.25) is 6.21 Å². The predicted molar refractivity (Wildman–Crippen MR) is 103 cm³/mol. The van der Waals surface area contributed by atoms with Gasteiger partial charge in [-0.05, 0) is 34.9 Å². The molecule has 4 heteroatoms. The molecule has 0 unspecified atom stereocenters. The summed E-state index contributed by atoms with van der Waals surface area (Å²) in [6.45, 7) is 8.62. The summed E-state index contributed by atoms with van der Waals surface area (Å²) in [5.74, 6) is 0. The Balaban J connectivity index is 0.000000177. The first-order chi connectivity index (χ1) is 9.70. The molecule has 0 N–H and O–H groups in total. The van der Waals surface area contributed by atoms with Gasteiger partial charge in [0, 0.05) is 0 Å². The third-order valence-corrected chi connectivity index (χ3v) is 24.7. The summed E-state index contributed by atoms with van der Waals surface area (Å²) in [5, 5.41) is 2.80. The number of hydrogen-bond acceptors (Lipinski definition) is 0. The molecule has 0 saturated carbocycles. The van der Waals surface area contributed by atoms with E-state index in [0.29, 0.717) is 0 Å². The third kappa shape index (κ3) is 4.01. The minimum absolute atomic E-state index is 1.08. The van der Waals surface area contributed by atoms with E-state index < -0.39 is 13.8 Å². The van der Waals surface area contributed by atoms with Crippen LogP contribution < -0.4 is 0 Å². The molecular weight excluding hydrogens is 331 g/mol. The maximum Gasteiger partial charge on any atom is 0.235 e. The van der Waals surface area contributed by atoms with Crippen molar-refractivity contribution in [2.45, 2.75) is 32.6 Å². The molecule has 3 rings (SSSR count). The van der Waals surface area contributed by atoms with Gasteiger partial charge in [-0.15, -0.1) is 0 Å². The molecule has 21 heavy (non-hydrogen) atoms. The highest BCUT2D eigenvalue weighted by Crippen LogP contribution is 2.28. The van der Waals surface area contributed by atoms with E-state index in [4.69, 9.17) is 22.2 Å². The topological polar surface area (TPSA) is 0 Å². The lowest BCUT2D eigenvalue weighted by molar-refractivity contribution is 1.29. The molecule has 0 fully saturated rings. The van der Waals surface area contributed by atoms with Crippen LogP contribution in [0.2, 0.25) is 26.2 Å². The quantitative estimate of drug-likeness (QED) is 0.413. The van der Waals surface area contributed by atoms with Gasteiger partial charge in [-0.25, -0.2) is 0 Å². The number of rotatable bonds is 1. The fourth-order valence-electron chi connectivity index (χ4n) is 2.07. The molecule has 0 atom stereocenters. The standard InChI is InChI=1S/C13H10.C4H12Cl2Si2/c1-4-10-6-2-8-12-9-3-7-11(5-1)13(10)12;1-7(2,3)8(4,5)6/h1-8H,9H2;1-4H3. The van der Waals surface area contributed by atoms with E-state index in [1.54, 1.807) is 0 Å². The SMILES string of the molecule is C1=Cc2cccc3cccc(c23)C1.C[Si](C)(C)[Si](C)(Cl)Cl. The van der Waals surface area contributed by atoms with Crippen LogP contribution in [0.5, 0.6) is 0 Å². The molecule has 2 aromatic rings. The lowest BCUT2D eigenvalue weighted by Gasteiger charge is -2.24. The van der Waals surface area contributed by atoms with E-state index in [9.17, 15) is 0 Å². The van der Waals surface area contributed by atoms with Gasteiger partial charge >= 0.3 is 0 Å². The number of hydrogen-bond donors (Lipinski definition) is 0. The van der Waals surface area contributed by atoms with Gasteiger partial charge in [0.25, 0.3) is 0 Å². The normalized spacial score (nSPS) is 13.8. The van der Waals surface area contributed by atoms with Gasteiger partial charge < -0.3 is 0 Å². The zero-order valence-corrected chi connectivity index (χ0v) is 16.6. The predicted octanol–water partition coefficient (Wildman–Crippen LogP) is 6.36. The summed E-state index contributed by atoms with van der Waals surface area (Å²) in [6, 6.07) is 13.0. The molecule has 0 radical (unpaired) electrons. The highest BCUT2D eigenvalue weighted by atomic mass is 35.7. The van der Waals surface area contributed by atoms with E-state index >= 15 is 0 Å². The Bertz CT molecular complexity index is 647. The average molecular weight is 353 g/mol. The Morgan fingerprint density at radius 3 is 2.05 bits per heavy atom. The van der Waals surface area contributed by atoms with E-state index in [1.165, 1.54) is 21.9 Å². The van der Waals surface area contributed by atoms with E-state index in [2.05, 4.69) is 68.2 Å². The van der Waals surface area contributed by atoms with Crippen LogP contribution in [0.25, 0.3) is 16.8 Å². The maximum absolute atomic E-state index is 5.98. The average Bonchev–Trinajstić information content (AvgIpc) is 2.38. The van der Waals surface area contributed by atoms with Crippen molar-refractivity contribution in [3.8, 4) is 0 Å². The monoisotopic (exact) mass is 352 g/mol. The summed E-state index contributed by atoms with van der Waals surface area (Å²) in [4.78, 5) is 0. The first-order valence-corrected chi connectivity index (χ1v) is 16.3. The number of halogens is 2. The van der Waals surface area contributed by atoms with Crippen LogP contribution in [0, 0.1) is 0 Å². The van der Waals surface area contributed by atoms with Crippen molar-refractivity contribution in [2.75, 3.05) is 0 Å². The van der Waals surface area contributed by atoms with Crippen LogP contribution in [0.3, 0.4) is 0 Å². The second-order valence-electron chi connectivity index (χ2n) is 6.61. The Kier molecular flexibility index (Phi) is 5.04. The molecule has 0 nitrogen and oxygen atoms in total. The lowest BCUT2D eigenvalue weighted by Crippen LogP contribution is -2.45. The van der Waals surface area contributed by atoms with Crippen LogP contribution in [0.15, 0.2) is 42.5 Å². The van der Waals surface area contributed by atoms with E-state index in [1.807, 2.05) is 6.55 Å². The molecule has 0 aromatic heterocycles. The minimum Gasteiger partial charge on any atom is -0.150 e. The van der Waals surface area contributed by atoms with Crippen LogP contribution in [-0.4, -0.2) is 13.8 Å². The molecule has 0 bridgehead atoms. The first-order valence-electron chi connectivity index (χ1n) is 7.25. The van der Waals surface area contributed by atoms with Crippen molar-refractivity contribution in [3.05, 3.63) is 53.6 Å². The van der Waals surface area contributed by atoms with Crippen molar-refractivity contribution in [3.63, 3.8) is 0 Å². The third-order valence-electron chi connectivity index (χ3n) is 3.98. The van der Waals surface area contributed by atoms with Crippen molar-refractivity contribution in [2.24, 2.45) is 0 Å². The van der Waals surface area contributed by atoms with Crippen LogP contribution >= 0.6 is 22.2 Å². The van der Waals surface area contributed by atoms with Crippen LogP contribution in [0.1, 0.15) is 11.1 Å². The van der Waals surface area contributed by atoms with E-state index in [-0.39, 0.29) is 0 Å². The summed E-state index contributed by atoms with van der Waals surface area (Å²) < 4.78 is 0. The Labute approximate surface area is 139 Å². The molecule has 0 spiro atoms. The van der Waals surface area contributed by atoms with Crippen LogP contribution in [0.4, 0.5) is 0 Å². The fraction of sp³-hybridized carbons (Fsp3) is 0.294. The van der Waals surface area contributed by atoms with Crippen molar-refractivity contribution in [1.82, 2.24) is 0 Å². The Morgan fingerprint density at radius 1 is 0.905 bits per heavy atom. The van der Waals surface area contributed by atoms with Gasteiger partial charge in [0.1, 0.15) is 0 Å². The summed E-state index contributed by atoms with van der Waals surface area (Å²) >= 11 is 12.0. The fourth-order valence-corrected chi connectivity index (χ4v) is 2.07. The molecular formula is C17H22Cl2Si2. The molecule has 1 aliphatic carbocycles. The zero-order valence-electron chi connectivity index (χ0n) is 13.1. The van der Waals surface area contributed by atoms with E-state index in [0.717, 1.165) is 6.42 Å². The lowest BCUT2D eigenvalue weighted by atomic mass is 9.93. The van der Waals surface area contributed by atoms with Gasteiger partial charge in [0.05, 0.1) is 7.59 Å². The Hall–Kier alpha value is -0.546. The highest BCUT2D eigenvalue weighted by Gasteiger charge is 2.38. The molecule has 112 valence electrons. The van der Waals surface area contributed by atoms with Crippen molar-refractivity contribution < 1.29 is 0 Å². The van der Waals surface area contributed by atoms with Gasteiger partial charge in [0.15, 0.2) is 0 Å². The maximum atomic E-state index is 5.98. The summed E-state index contributed by atoms with van der Waals surface area (Å²) in [5.41, 5.74) is 2.81. The molecule has 1 aliphatic rings. The smallest absolute Gasteiger partial charge is 0.150 e. The van der Waals surface area contributed by atoms with Crippen molar-refractivity contribution >= 4 is 52.8 Å². The van der Waals surface area contributed by atoms with Crippen molar-refractivity contribution in [1.29, 1.82) is 0 Å². The minimum atomic E-state index is -1.78. The van der Waals surface area contributed by atoms with Gasteiger partial charge in [-0.2, -0.15) is 22.2 Å². The highest BCUT2D eigenvalue weighted by molar-refractivity contribution is 7.74. The summed E-state index contributed by atoms with van der Waals surface area (Å²) in [7, 11) is -1.19. The molecule has 0 saturated heterocycles. The molecule has 2 aromatic carbocycles. The van der Waals surface area contributed by atoms with Gasteiger partial charge in [-0.1, -0.05) is 68.2 Å². The number of benzene rings is 2.